The van der Waals surface area contributed by atoms with E-state index in [0.29, 0.717) is 4.47 Å². The molecular formula is C6H6BrFN+. The fourth-order valence-corrected chi connectivity index (χ4v) is 1.00. The molecule has 0 amide bonds. The molecule has 0 aromatic carbocycles. The average Bonchev–Trinajstić information content (AvgIpc) is 1.80. The van der Waals surface area contributed by atoms with Gasteiger partial charge in [-0.2, -0.15) is 4.39 Å². The number of pyridine rings is 1. The van der Waals surface area contributed by atoms with E-state index in [1.807, 2.05) is 6.92 Å². The Morgan fingerprint density at radius 1 is 1.67 bits per heavy atom. The van der Waals surface area contributed by atoms with Crippen molar-refractivity contribution in [2.75, 3.05) is 0 Å². The summed E-state index contributed by atoms with van der Waals surface area (Å²) in [6, 6.07) is 1.69. The molecule has 0 fully saturated rings. The third kappa shape index (κ3) is 1.48. The second-order valence-electron chi connectivity index (χ2n) is 1.81. The van der Waals surface area contributed by atoms with Gasteiger partial charge in [-0.15, -0.1) is 0 Å². The molecule has 1 N–H and O–H groups in total. The third-order valence-electron chi connectivity index (χ3n) is 0.998. The van der Waals surface area contributed by atoms with Crippen molar-refractivity contribution in [3.63, 3.8) is 0 Å². The number of hydrogen-bond donors (Lipinski definition) is 0. The van der Waals surface area contributed by atoms with Crippen molar-refractivity contribution in [3.8, 4) is 0 Å². The van der Waals surface area contributed by atoms with Gasteiger partial charge in [-0.05, 0) is 15.9 Å². The molecule has 0 saturated carbocycles. The Labute approximate surface area is 61.0 Å². The normalized spacial score (nSPS) is 9.67. The maximum atomic E-state index is 12.4. The van der Waals surface area contributed by atoms with Gasteiger partial charge in [0.15, 0.2) is 5.69 Å². The summed E-state index contributed by atoms with van der Waals surface area (Å²) in [6.07, 6.45) is 1.32. The van der Waals surface area contributed by atoms with E-state index in [1.165, 1.54) is 6.20 Å². The van der Waals surface area contributed by atoms with E-state index in [-0.39, 0.29) is 5.82 Å². The number of hydrogen-bond acceptors (Lipinski definition) is 0. The highest BCUT2D eigenvalue weighted by Crippen LogP contribution is 2.11. The van der Waals surface area contributed by atoms with Gasteiger partial charge >= 0.3 is 0 Å². The average molecular weight is 191 g/mol. The molecule has 0 saturated heterocycles. The topological polar surface area (TPSA) is 14.1 Å². The van der Waals surface area contributed by atoms with Crippen LogP contribution in [0.4, 0.5) is 4.39 Å². The number of aromatic nitrogens is 1. The molecular weight excluding hydrogens is 185 g/mol. The maximum Gasteiger partial charge on any atom is 0.204 e. The first-order valence-electron chi connectivity index (χ1n) is 2.53. The molecule has 1 heterocycles. The summed E-state index contributed by atoms with van der Waals surface area (Å²) in [5, 5.41) is 0. The Hall–Kier alpha value is -0.440. The molecule has 0 aliphatic rings. The van der Waals surface area contributed by atoms with Crippen LogP contribution in [0.1, 0.15) is 5.69 Å². The smallest absolute Gasteiger partial charge is 0.204 e. The van der Waals surface area contributed by atoms with Crippen LogP contribution in [0.25, 0.3) is 0 Å². The number of aromatic amines is 1. The number of halogens is 2. The first-order valence-corrected chi connectivity index (χ1v) is 3.33. The lowest BCUT2D eigenvalue weighted by Crippen LogP contribution is -2.06. The van der Waals surface area contributed by atoms with Crippen molar-refractivity contribution >= 4 is 15.9 Å². The first kappa shape index (κ1) is 6.68. The van der Waals surface area contributed by atoms with E-state index in [2.05, 4.69) is 20.9 Å². The molecule has 0 aliphatic carbocycles. The van der Waals surface area contributed by atoms with Gasteiger partial charge in [0, 0.05) is 13.0 Å². The zero-order valence-corrected chi connectivity index (χ0v) is 6.50. The minimum atomic E-state index is -0.263. The predicted molar refractivity (Wildman–Crippen MR) is 35.4 cm³/mol. The summed E-state index contributed by atoms with van der Waals surface area (Å²) in [6.45, 7) is 1.87. The van der Waals surface area contributed by atoms with Crippen LogP contribution < -0.4 is 4.98 Å². The summed E-state index contributed by atoms with van der Waals surface area (Å²) >= 11 is 3.05. The Morgan fingerprint density at radius 3 is 2.78 bits per heavy atom. The molecule has 0 unspecified atom stereocenters. The molecule has 48 valence electrons. The van der Waals surface area contributed by atoms with Gasteiger partial charge in [0.1, 0.15) is 0 Å². The summed E-state index contributed by atoms with van der Waals surface area (Å²) in [5.74, 6) is -0.263. The zero-order chi connectivity index (χ0) is 6.85. The summed E-state index contributed by atoms with van der Waals surface area (Å²) in [5.41, 5.74) is 0.934. The van der Waals surface area contributed by atoms with Crippen LogP contribution in [-0.2, 0) is 0 Å². The minimum Gasteiger partial charge on any atom is -0.213 e. The van der Waals surface area contributed by atoms with Gasteiger partial charge in [-0.3, -0.25) is 0 Å². The lowest BCUT2D eigenvalue weighted by Gasteiger charge is -1.87. The molecule has 0 atom stereocenters. The SMILES string of the molecule is Cc1cc(Br)c(F)c[nH+]1. The van der Waals surface area contributed by atoms with Crippen molar-refractivity contribution in [1.29, 1.82) is 0 Å². The van der Waals surface area contributed by atoms with Gasteiger partial charge in [0.2, 0.25) is 12.0 Å². The molecule has 0 radical (unpaired) electrons. The summed E-state index contributed by atoms with van der Waals surface area (Å²) in [4.78, 5) is 2.74. The van der Waals surface area contributed by atoms with Crippen molar-refractivity contribution in [3.05, 3.63) is 28.2 Å². The van der Waals surface area contributed by atoms with E-state index < -0.39 is 0 Å². The summed E-state index contributed by atoms with van der Waals surface area (Å²) in [7, 11) is 0. The van der Waals surface area contributed by atoms with Crippen LogP contribution >= 0.6 is 15.9 Å². The van der Waals surface area contributed by atoms with E-state index in [9.17, 15) is 4.39 Å². The molecule has 0 bridgehead atoms. The Morgan fingerprint density at radius 2 is 2.33 bits per heavy atom. The fourth-order valence-electron chi connectivity index (χ4n) is 0.547. The quantitative estimate of drug-likeness (QED) is 0.592. The molecule has 1 aromatic heterocycles. The highest BCUT2D eigenvalue weighted by atomic mass is 79.9. The molecule has 1 nitrogen and oxygen atoms in total. The van der Waals surface area contributed by atoms with Crippen LogP contribution in [-0.4, -0.2) is 0 Å². The van der Waals surface area contributed by atoms with Crippen molar-refractivity contribution in [1.82, 2.24) is 0 Å². The molecule has 9 heavy (non-hydrogen) atoms. The molecule has 1 aromatic rings. The van der Waals surface area contributed by atoms with Crippen molar-refractivity contribution in [2.24, 2.45) is 0 Å². The van der Waals surface area contributed by atoms with E-state index in [0.717, 1.165) is 5.69 Å². The van der Waals surface area contributed by atoms with Gasteiger partial charge in [-0.1, -0.05) is 0 Å². The van der Waals surface area contributed by atoms with Crippen LogP contribution in [0.2, 0.25) is 0 Å². The van der Waals surface area contributed by atoms with Gasteiger partial charge < -0.3 is 0 Å². The highest BCUT2D eigenvalue weighted by Gasteiger charge is 2.01. The molecule has 0 spiro atoms. The number of nitrogens with one attached hydrogen (secondary N) is 1. The van der Waals surface area contributed by atoms with E-state index >= 15 is 0 Å². The van der Waals surface area contributed by atoms with Gasteiger partial charge in [0.25, 0.3) is 0 Å². The lowest BCUT2D eigenvalue weighted by atomic mass is 10.4. The summed E-state index contributed by atoms with van der Waals surface area (Å²) < 4.78 is 12.9. The zero-order valence-electron chi connectivity index (χ0n) is 4.91. The molecule has 3 heteroatoms. The Bertz CT molecular complexity index is 224. The van der Waals surface area contributed by atoms with Crippen LogP contribution in [0.15, 0.2) is 16.7 Å². The van der Waals surface area contributed by atoms with Gasteiger partial charge in [-0.25, -0.2) is 4.98 Å². The second-order valence-corrected chi connectivity index (χ2v) is 2.67. The standard InChI is InChI=1S/C6H5BrFN/c1-4-2-5(7)6(8)3-9-4/h2-3H,1H3/p+1. The van der Waals surface area contributed by atoms with E-state index in [1.54, 1.807) is 6.07 Å². The largest absolute Gasteiger partial charge is 0.213 e. The number of H-pyrrole nitrogens is 1. The Kier molecular flexibility index (Phi) is 1.81. The maximum absolute atomic E-state index is 12.4. The van der Waals surface area contributed by atoms with E-state index in [4.69, 9.17) is 0 Å². The lowest BCUT2D eigenvalue weighted by molar-refractivity contribution is -0.390. The van der Waals surface area contributed by atoms with Crippen molar-refractivity contribution < 1.29 is 9.37 Å². The van der Waals surface area contributed by atoms with Crippen molar-refractivity contribution in [2.45, 2.75) is 6.92 Å². The molecule has 0 aliphatic heterocycles. The van der Waals surface area contributed by atoms with Gasteiger partial charge in [0.05, 0.1) is 4.47 Å². The minimum absolute atomic E-state index is 0.263. The highest BCUT2D eigenvalue weighted by molar-refractivity contribution is 9.10. The van der Waals surface area contributed by atoms with Crippen LogP contribution in [0, 0.1) is 12.7 Å². The molecule has 1 rings (SSSR count). The fraction of sp³-hybridized carbons (Fsp3) is 0.167. The number of rotatable bonds is 0. The first-order chi connectivity index (χ1) is 4.20. The predicted octanol–water partition coefficient (Wildman–Crippen LogP) is 1.71. The number of aryl methyl sites for hydroxylation is 1. The van der Waals surface area contributed by atoms with Crippen LogP contribution in [0.3, 0.4) is 0 Å². The monoisotopic (exact) mass is 190 g/mol. The Balaban J connectivity index is 3.17. The second kappa shape index (κ2) is 2.43. The third-order valence-corrected chi connectivity index (χ3v) is 1.61. The van der Waals surface area contributed by atoms with Crippen LogP contribution in [0.5, 0.6) is 0 Å².